The van der Waals surface area contributed by atoms with Gasteiger partial charge in [0.15, 0.2) is 0 Å². The van der Waals surface area contributed by atoms with Crippen molar-refractivity contribution in [2.45, 2.75) is 5.41 Å². The van der Waals surface area contributed by atoms with Crippen molar-refractivity contribution >= 4 is 48.6 Å². The summed E-state index contributed by atoms with van der Waals surface area (Å²) in [6.45, 7) is 0. The van der Waals surface area contributed by atoms with Crippen molar-refractivity contribution in [3.8, 4) is 55.6 Å². The molecule has 0 amide bonds. The number of benzene rings is 10. The quantitative estimate of drug-likeness (QED) is 0.162. The minimum absolute atomic E-state index is 0.493. The van der Waals surface area contributed by atoms with Crippen molar-refractivity contribution in [3.05, 3.63) is 259 Å². The lowest BCUT2D eigenvalue weighted by Crippen LogP contribution is -2.26. The van der Waals surface area contributed by atoms with Crippen LogP contribution in [0, 0.1) is 0 Å². The molecule has 0 bridgehead atoms. The Kier molecular flexibility index (Phi) is 8.06. The van der Waals surface area contributed by atoms with Crippen LogP contribution in [0.1, 0.15) is 22.3 Å². The second-order valence-corrected chi connectivity index (χ2v) is 17.8. The maximum Gasteiger partial charge on any atom is 0.0726 e. The number of hydrogen-bond donors (Lipinski definition) is 0. The van der Waals surface area contributed by atoms with E-state index >= 15 is 0 Å². The maximum absolute atomic E-state index is 2.48. The van der Waals surface area contributed by atoms with E-state index in [1.54, 1.807) is 0 Å². The lowest BCUT2D eigenvalue weighted by molar-refractivity contribution is 0.794. The van der Waals surface area contributed by atoms with Crippen LogP contribution >= 0.6 is 11.3 Å². The predicted molar refractivity (Wildman–Crippen MR) is 267 cm³/mol. The second kappa shape index (κ2) is 14.1. The molecule has 294 valence electrons. The van der Waals surface area contributed by atoms with Gasteiger partial charge in [-0.05, 0) is 115 Å². The molecule has 1 heterocycles. The van der Waals surface area contributed by atoms with E-state index in [4.69, 9.17) is 0 Å². The summed E-state index contributed by atoms with van der Waals surface area (Å²) < 4.78 is 2.64. The molecular formula is C61H39NS. The number of nitrogens with zero attached hydrogens (tertiary/aromatic N) is 1. The van der Waals surface area contributed by atoms with E-state index in [1.165, 1.54) is 98.1 Å². The molecular weight excluding hydrogens is 779 g/mol. The minimum Gasteiger partial charge on any atom is -0.310 e. The van der Waals surface area contributed by atoms with Crippen LogP contribution in [0.5, 0.6) is 0 Å². The first kappa shape index (κ1) is 35.9. The zero-order valence-electron chi connectivity index (χ0n) is 34.4. The normalized spacial score (nSPS) is 14.4. The number of hydrogen-bond acceptors (Lipinski definition) is 2. The highest BCUT2D eigenvalue weighted by atomic mass is 32.1. The predicted octanol–water partition coefficient (Wildman–Crippen LogP) is 16.9. The van der Waals surface area contributed by atoms with Crippen molar-refractivity contribution in [1.29, 1.82) is 0 Å². The van der Waals surface area contributed by atoms with Crippen molar-refractivity contribution in [3.63, 3.8) is 0 Å². The van der Waals surface area contributed by atoms with Gasteiger partial charge < -0.3 is 4.90 Å². The lowest BCUT2D eigenvalue weighted by atomic mass is 9.70. The second-order valence-electron chi connectivity index (χ2n) is 16.7. The fourth-order valence-corrected chi connectivity index (χ4v) is 12.1. The van der Waals surface area contributed by atoms with Crippen molar-refractivity contribution in [2.75, 3.05) is 4.90 Å². The number of thiophene rings is 1. The van der Waals surface area contributed by atoms with Gasteiger partial charge in [0.1, 0.15) is 0 Å². The Bertz CT molecular complexity index is 3550. The molecule has 2 heteroatoms. The van der Waals surface area contributed by atoms with E-state index in [-0.39, 0.29) is 0 Å². The third kappa shape index (κ3) is 5.29. The Morgan fingerprint density at radius 3 is 1.48 bits per heavy atom. The third-order valence-electron chi connectivity index (χ3n) is 13.5. The van der Waals surface area contributed by atoms with E-state index in [1.807, 2.05) is 11.3 Å². The van der Waals surface area contributed by atoms with Gasteiger partial charge in [0.2, 0.25) is 0 Å². The molecule has 10 aromatic carbocycles. The molecule has 1 aromatic heterocycles. The SMILES string of the molecule is c1ccc(-c2ccc(N(c3ccc(-c4cccc5sc6ccccc6c45)cc3)c3cccc4c3-c3ccccc3C43c4ccccc4-c4c(-c5ccccc5)cccc43)cc2)cc1. The number of anilines is 3. The average molecular weight is 818 g/mol. The zero-order valence-corrected chi connectivity index (χ0v) is 35.2. The van der Waals surface area contributed by atoms with Crippen LogP contribution in [0.2, 0.25) is 0 Å². The number of fused-ring (bicyclic) bond motifs is 13. The van der Waals surface area contributed by atoms with Crippen LogP contribution in [0.15, 0.2) is 237 Å². The topological polar surface area (TPSA) is 3.24 Å². The standard InChI is InChI=1S/C61H39NS/c1-3-16-40(17-4-1)41-32-36-44(37-33-41)62(45-38-34-43(35-39-45)47-24-14-31-57-59(47)50-22-9-12-30-56(50)63-57)55-29-15-28-54-60(55)49-21-8-11-26-52(49)61(54)51-25-10-7-20-48(51)58-46(23-13-27-53(58)61)42-18-5-2-6-19-42/h1-39H. The molecule has 2 aliphatic carbocycles. The lowest BCUT2D eigenvalue weighted by Gasteiger charge is -2.32. The van der Waals surface area contributed by atoms with Crippen molar-refractivity contribution in [2.24, 2.45) is 0 Å². The molecule has 11 aromatic rings. The number of rotatable bonds is 6. The minimum atomic E-state index is -0.493. The smallest absolute Gasteiger partial charge is 0.0726 e. The summed E-state index contributed by atoms with van der Waals surface area (Å²) in [6.07, 6.45) is 0. The van der Waals surface area contributed by atoms with E-state index in [9.17, 15) is 0 Å². The summed E-state index contributed by atoms with van der Waals surface area (Å²) in [7, 11) is 0. The van der Waals surface area contributed by atoms with Gasteiger partial charge in [-0.2, -0.15) is 0 Å². The van der Waals surface area contributed by atoms with Crippen molar-refractivity contribution < 1.29 is 0 Å². The summed E-state index contributed by atoms with van der Waals surface area (Å²) >= 11 is 1.87. The Morgan fingerprint density at radius 1 is 0.302 bits per heavy atom. The highest BCUT2D eigenvalue weighted by Gasteiger charge is 2.53. The van der Waals surface area contributed by atoms with Crippen LogP contribution in [-0.2, 0) is 5.41 Å². The molecule has 1 spiro atoms. The highest BCUT2D eigenvalue weighted by Crippen LogP contribution is 2.65. The largest absolute Gasteiger partial charge is 0.310 e. The van der Waals surface area contributed by atoms with Gasteiger partial charge in [0.25, 0.3) is 0 Å². The van der Waals surface area contributed by atoms with E-state index in [0.29, 0.717) is 0 Å². The van der Waals surface area contributed by atoms with Crippen molar-refractivity contribution in [1.82, 2.24) is 0 Å². The summed E-state index contributed by atoms with van der Waals surface area (Å²) in [6, 6.07) is 87.7. The molecule has 0 fully saturated rings. The third-order valence-corrected chi connectivity index (χ3v) is 14.6. The molecule has 13 rings (SSSR count). The van der Waals surface area contributed by atoms with Gasteiger partial charge in [-0.1, -0.05) is 194 Å². The molecule has 1 atom stereocenters. The van der Waals surface area contributed by atoms with Gasteiger partial charge in [-0.3, -0.25) is 0 Å². The molecule has 1 unspecified atom stereocenters. The molecule has 0 saturated carbocycles. The van der Waals surface area contributed by atoms with Crippen LogP contribution < -0.4 is 4.90 Å². The van der Waals surface area contributed by atoms with E-state index < -0.39 is 5.41 Å². The molecule has 2 aliphatic rings. The van der Waals surface area contributed by atoms with Gasteiger partial charge in [0, 0.05) is 37.1 Å². The van der Waals surface area contributed by atoms with E-state index in [0.717, 1.165) is 17.1 Å². The fourth-order valence-electron chi connectivity index (χ4n) is 10.9. The van der Waals surface area contributed by atoms with E-state index in [2.05, 4.69) is 241 Å². The molecule has 0 aliphatic heterocycles. The summed E-state index contributed by atoms with van der Waals surface area (Å²) in [4.78, 5) is 2.48. The Balaban J connectivity index is 1.04. The average Bonchev–Trinajstić information content (AvgIpc) is 4.00. The van der Waals surface area contributed by atoms with Crippen LogP contribution in [0.4, 0.5) is 17.1 Å². The maximum atomic E-state index is 2.48. The van der Waals surface area contributed by atoms with Gasteiger partial charge in [-0.15, -0.1) is 11.3 Å². The molecule has 0 radical (unpaired) electrons. The van der Waals surface area contributed by atoms with Crippen LogP contribution in [0.25, 0.3) is 75.8 Å². The van der Waals surface area contributed by atoms with Crippen LogP contribution in [-0.4, -0.2) is 0 Å². The van der Waals surface area contributed by atoms with Crippen LogP contribution in [0.3, 0.4) is 0 Å². The molecule has 0 saturated heterocycles. The zero-order chi connectivity index (χ0) is 41.5. The first-order valence-electron chi connectivity index (χ1n) is 21.8. The first-order chi connectivity index (χ1) is 31.3. The summed E-state index contributed by atoms with van der Waals surface area (Å²) in [5.41, 5.74) is 20.8. The molecule has 0 N–H and O–H groups in total. The Hall–Kier alpha value is -7.78. The van der Waals surface area contributed by atoms with Gasteiger partial charge >= 0.3 is 0 Å². The molecule has 63 heavy (non-hydrogen) atoms. The fraction of sp³-hybridized carbons (Fsp3) is 0.0164. The van der Waals surface area contributed by atoms with Gasteiger partial charge in [0.05, 0.1) is 11.1 Å². The summed E-state index contributed by atoms with van der Waals surface area (Å²) in [5.74, 6) is 0. The monoisotopic (exact) mass is 817 g/mol. The summed E-state index contributed by atoms with van der Waals surface area (Å²) in [5, 5.41) is 2.64. The Morgan fingerprint density at radius 2 is 0.762 bits per heavy atom. The Labute approximate surface area is 371 Å². The molecule has 1 nitrogen and oxygen atoms in total. The van der Waals surface area contributed by atoms with Gasteiger partial charge in [-0.25, -0.2) is 0 Å². The highest BCUT2D eigenvalue weighted by molar-refractivity contribution is 7.25. The first-order valence-corrected chi connectivity index (χ1v) is 22.6.